The van der Waals surface area contributed by atoms with Crippen LogP contribution in [-0.4, -0.2) is 36.3 Å². The van der Waals surface area contributed by atoms with E-state index in [1.807, 2.05) is 18.7 Å². The van der Waals surface area contributed by atoms with E-state index in [1.54, 1.807) is 0 Å². The number of nitriles is 1. The van der Waals surface area contributed by atoms with Gasteiger partial charge in [0.2, 0.25) is 0 Å². The van der Waals surface area contributed by atoms with Gasteiger partial charge in [-0.15, -0.1) is 0 Å². The van der Waals surface area contributed by atoms with Crippen LogP contribution in [0, 0.1) is 11.3 Å². The van der Waals surface area contributed by atoms with Crippen LogP contribution < -0.4 is 5.32 Å². The lowest BCUT2D eigenvalue weighted by Crippen LogP contribution is -2.30. The SMILES string of the molecule is CCNC(C#N)CSC1CCOC1C. The largest absolute Gasteiger partial charge is 0.377 e. The Morgan fingerprint density at radius 3 is 3.00 bits per heavy atom. The zero-order valence-electron chi connectivity index (χ0n) is 8.82. The van der Waals surface area contributed by atoms with E-state index in [-0.39, 0.29) is 6.04 Å². The van der Waals surface area contributed by atoms with Crippen molar-refractivity contribution in [1.82, 2.24) is 5.32 Å². The number of thioether (sulfide) groups is 1. The second-order valence-corrected chi connectivity index (χ2v) is 4.75. The van der Waals surface area contributed by atoms with Gasteiger partial charge < -0.3 is 10.1 Å². The van der Waals surface area contributed by atoms with E-state index >= 15 is 0 Å². The number of nitrogens with one attached hydrogen (secondary N) is 1. The van der Waals surface area contributed by atoms with Gasteiger partial charge >= 0.3 is 0 Å². The molecular formula is C10H18N2OS. The molecule has 0 spiro atoms. The lowest BCUT2D eigenvalue weighted by atomic mass is 10.3. The van der Waals surface area contributed by atoms with Crippen LogP contribution in [0.4, 0.5) is 0 Å². The number of ether oxygens (including phenoxy) is 1. The molecule has 14 heavy (non-hydrogen) atoms. The molecule has 80 valence electrons. The van der Waals surface area contributed by atoms with Gasteiger partial charge in [-0.1, -0.05) is 6.92 Å². The monoisotopic (exact) mass is 214 g/mol. The van der Waals surface area contributed by atoms with E-state index in [0.717, 1.165) is 25.3 Å². The fraction of sp³-hybridized carbons (Fsp3) is 0.900. The topological polar surface area (TPSA) is 45.0 Å². The molecule has 3 nitrogen and oxygen atoms in total. The van der Waals surface area contributed by atoms with Crippen LogP contribution in [0.1, 0.15) is 20.3 Å². The molecule has 0 aromatic rings. The van der Waals surface area contributed by atoms with Gasteiger partial charge in [0, 0.05) is 17.6 Å². The first-order valence-electron chi connectivity index (χ1n) is 5.14. The third-order valence-electron chi connectivity index (χ3n) is 2.39. The molecule has 0 bridgehead atoms. The maximum Gasteiger partial charge on any atom is 0.104 e. The Bertz CT molecular complexity index is 205. The second kappa shape index (κ2) is 6.28. The first-order valence-corrected chi connectivity index (χ1v) is 6.19. The molecule has 3 atom stereocenters. The van der Waals surface area contributed by atoms with Crippen molar-refractivity contribution in [3.05, 3.63) is 0 Å². The summed E-state index contributed by atoms with van der Waals surface area (Å²) in [7, 11) is 0. The van der Waals surface area contributed by atoms with Crippen molar-refractivity contribution >= 4 is 11.8 Å². The number of hydrogen-bond acceptors (Lipinski definition) is 4. The van der Waals surface area contributed by atoms with E-state index in [0.29, 0.717) is 11.4 Å². The number of nitrogens with zero attached hydrogens (tertiary/aromatic N) is 1. The summed E-state index contributed by atoms with van der Waals surface area (Å²) in [5.41, 5.74) is 0. The highest BCUT2D eigenvalue weighted by atomic mass is 32.2. The molecule has 3 unspecified atom stereocenters. The average Bonchev–Trinajstić information content (AvgIpc) is 2.59. The third-order valence-corrected chi connectivity index (χ3v) is 3.96. The van der Waals surface area contributed by atoms with Crippen molar-refractivity contribution in [3.63, 3.8) is 0 Å². The molecule has 1 aliphatic rings. The Morgan fingerprint density at radius 1 is 1.71 bits per heavy atom. The maximum atomic E-state index is 8.84. The quantitative estimate of drug-likeness (QED) is 0.751. The second-order valence-electron chi connectivity index (χ2n) is 3.48. The summed E-state index contributed by atoms with van der Waals surface area (Å²) in [6.45, 7) is 5.86. The standard InChI is InChI=1S/C10H18N2OS/c1-3-12-9(6-11)7-14-10-4-5-13-8(10)2/h8-10,12H,3-5,7H2,1-2H3. The maximum absolute atomic E-state index is 8.84. The van der Waals surface area contributed by atoms with Crippen LogP contribution >= 0.6 is 11.8 Å². The summed E-state index contributed by atoms with van der Waals surface area (Å²) < 4.78 is 5.47. The van der Waals surface area contributed by atoms with E-state index < -0.39 is 0 Å². The summed E-state index contributed by atoms with van der Waals surface area (Å²) in [5, 5.41) is 12.6. The summed E-state index contributed by atoms with van der Waals surface area (Å²) in [5.74, 6) is 0.864. The van der Waals surface area contributed by atoms with E-state index in [2.05, 4.69) is 18.3 Å². The molecular weight excluding hydrogens is 196 g/mol. The van der Waals surface area contributed by atoms with Gasteiger partial charge in [0.25, 0.3) is 0 Å². The molecule has 0 amide bonds. The van der Waals surface area contributed by atoms with Gasteiger partial charge in [0.1, 0.15) is 6.04 Å². The molecule has 1 fully saturated rings. The summed E-state index contributed by atoms with van der Waals surface area (Å²) in [4.78, 5) is 0. The molecule has 0 aliphatic carbocycles. The predicted octanol–water partition coefficient (Wildman–Crippen LogP) is 1.40. The fourth-order valence-corrected chi connectivity index (χ4v) is 2.78. The van der Waals surface area contributed by atoms with Crippen molar-refractivity contribution in [1.29, 1.82) is 5.26 Å². The lowest BCUT2D eigenvalue weighted by Gasteiger charge is -2.15. The lowest BCUT2D eigenvalue weighted by molar-refractivity contribution is 0.127. The summed E-state index contributed by atoms with van der Waals surface area (Å²) in [6, 6.07) is 2.25. The zero-order chi connectivity index (χ0) is 10.4. The first kappa shape index (κ1) is 11.8. The molecule has 1 heterocycles. The Hall–Kier alpha value is -0.240. The van der Waals surface area contributed by atoms with Gasteiger partial charge in [0.05, 0.1) is 12.2 Å². The van der Waals surface area contributed by atoms with Gasteiger partial charge in [-0.3, -0.25) is 0 Å². The van der Waals surface area contributed by atoms with Crippen molar-refractivity contribution in [2.45, 2.75) is 37.7 Å². The van der Waals surface area contributed by atoms with Crippen molar-refractivity contribution in [2.24, 2.45) is 0 Å². The van der Waals surface area contributed by atoms with Gasteiger partial charge in [-0.25, -0.2) is 0 Å². The van der Waals surface area contributed by atoms with Gasteiger partial charge in [0.15, 0.2) is 0 Å². The molecule has 1 aliphatic heterocycles. The van der Waals surface area contributed by atoms with Crippen molar-refractivity contribution in [3.8, 4) is 6.07 Å². The van der Waals surface area contributed by atoms with Crippen LogP contribution in [0.25, 0.3) is 0 Å². The fourth-order valence-electron chi connectivity index (χ4n) is 1.54. The Labute approximate surface area is 90.2 Å². The molecule has 0 saturated carbocycles. The Morgan fingerprint density at radius 2 is 2.50 bits per heavy atom. The van der Waals surface area contributed by atoms with Crippen LogP contribution in [0.2, 0.25) is 0 Å². The molecule has 1 N–H and O–H groups in total. The van der Waals surface area contributed by atoms with Crippen molar-refractivity contribution in [2.75, 3.05) is 18.9 Å². The van der Waals surface area contributed by atoms with Gasteiger partial charge in [-0.2, -0.15) is 17.0 Å². The Balaban J connectivity index is 2.21. The van der Waals surface area contributed by atoms with Crippen molar-refractivity contribution < 1.29 is 4.74 Å². The van der Waals surface area contributed by atoms with E-state index in [4.69, 9.17) is 10.00 Å². The minimum atomic E-state index is -0.0159. The summed E-state index contributed by atoms with van der Waals surface area (Å²) >= 11 is 1.85. The molecule has 0 radical (unpaired) electrons. The smallest absolute Gasteiger partial charge is 0.104 e. The van der Waals surface area contributed by atoms with Crippen LogP contribution in [-0.2, 0) is 4.74 Å². The average molecular weight is 214 g/mol. The van der Waals surface area contributed by atoms with E-state index in [1.165, 1.54) is 0 Å². The van der Waals surface area contributed by atoms with E-state index in [9.17, 15) is 0 Å². The predicted molar refractivity (Wildman–Crippen MR) is 59.4 cm³/mol. The number of hydrogen-bond donors (Lipinski definition) is 1. The molecule has 4 heteroatoms. The molecule has 1 rings (SSSR count). The molecule has 1 saturated heterocycles. The normalized spacial score (nSPS) is 28.6. The minimum absolute atomic E-state index is 0.0159. The van der Waals surface area contributed by atoms with Gasteiger partial charge in [-0.05, 0) is 19.9 Å². The van der Waals surface area contributed by atoms with Crippen LogP contribution in [0.3, 0.4) is 0 Å². The molecule has 0 aromatic carbocycles. The Kier molecular flexibility index (Phi) is 5.31. The highest BCUT2D eigenvalue weighted by Gasteiger charge is 2.25. The van der Waals surface area contributed by atoms with Crippen LogP contribution in [0.15, 0.2) is 0 Å². The summed E-state index contributed by atoms with van der Waals surface area (Å²) in [6.07, 6.45) is 1.47. The zero-order valence-corrected chi connectivity index (χ0v) is 9.64. The highest BCUT2D eigenvalue weighted by Crippen LogP contribution is 2.26. The highest BCUT2D eigenvalue weighted by molar-refractivity contribution is 8.00. The first-order chi connectivity index (χ1) is 6.77. The third kappa shape index (κ3) is 3.49. The molecule has 0 aromatic heterocycles. The van der Waals surface area contributed by atoms with Crippen LogP contribution in [0.5, 0.6) is 0 Å². The number of rotatable bonds is 5. The minimum Gasteiger partial charge on any atom is -0.377 e.